The van der Waals surface area contributed by atoms with Crippen molar-refractivity contribution >= 4 is 39.9 Å². The van der Waals surface area contributed by atoms with Crippen LogP contribution in [0.25, 0.3) is 10.6 Å². The Morgan fingerprint density at radius 1 is 1.15 bits per heavy atom. The topological polar surface area (TPSA) is 84.0 Å². The van der Waals surface area contributed by atoms with Gasteiger partial charge in [0.05, 0.1) is 0 Å². The Hall–Kier alpha value is -1.99. The molecule has 2 rings (SSSR count). The van der Waals surface area contributed by atoms with Gasteiger partial charge in [-0.1, -0.05) is 61.4 Å². The van der Waals surface area contributed by atoms with Gasteiger partial charge in [-0.05, 0) is 19.8 Å². The number of aromatic nitrogens is 2. The number of benzene rings is 1. The van der Waals surface area contributed by atoms with Gasteiger partial charge in [0.1, 0.15) is 16.4 Å². The van der Waals surface area contributed by atoms with Crippen molar-refractivity contribution in [3.05, 3.63) is 29.8 Å². The lowest BCUT2D eigenvalue weighted by Crippen LogP contribution is -2.49. The van der Waals surface area contributed by atoms with E-state index in [1.807, 2.05) is 45.0 Å². The summed E-state index contributed by atoms with van der Waals surface area (Å²) in [5.41, 5.74) is 2.10. The van der Waals surface area contributed by atoms with Crippen molar-refractivity contribution in [3.8, 4) is 10.6 Å². The number of nitrogens with one attached hydrogen (secondary N) is 2. The molecule has 1 aromatic carbocycles. The predicted octanol–water partition coefficient (Wildman–Crippen LogP) is 3.61. The zero-order chi connectivity index (χ0) is 19.3. The number of anilines is 1. The third kappa shape index (κ3) is 5.25. The largest absolute Gasteiger partial charge is 0.343 e. The fourth-order valence-corrected chi connectivity index (χ4v) is 3.05. The summed E-state index contributed by atoms with van der Waals surface area (Å²) in [6, 6.07) is 7.24. The van der Waals surface area contributed by atoms with Crippen molar-refractivity contribution in [1.29, 1.82) is 0 Å². The molecule has 3 atom stereocenters. The van der Waals surface area contributed by atoms with Gasteiger partial charge in [-0.15, -0.1) is 21.8 Å². The first-order valence-corrected chi connectivity index (χ1v) is 9.73. The van der Waals surface area contributed by atoms with Gasteiger partial charge < -0.3 is 5.32 Å². The molecule has 0 spiro atoms. The molecule has 2 aromatic rings. The summed E-state index contributed by atoms with van der Waals surface area (Å²) >= 11 is 7.09. The molecule has 6 nitrogen and oxygen atoms in total. The van der Waals surface area contributed by atoms with Crippen LogP contribution in [0.5, 0.6) is 0 Å². The number of hydrogen-bond donors (Lipinski definition) is 2. The number of halogens is 1. The fourth-order valence-electron chi connectivity index (χ4n) is 2.24. The molecule has 0 radical (unpaired) electrons. The standard InChI is InChI=1S/C18H23ClN4O2S/c1-5-11(3)14(20-15(24)12(4)19)16(25)21-18-23-22-17(26-18)13-8-6-10(2)7-9-13/h6-9,11-12,14H,5H2,1-4H3,(H,20,24)(H,21,23,25)/t11-,12-,14+/m1/s1. The highest BCUT2D eigenvalue weighted by molar-refractivity contribution is 7.18. The Bertz CT molecular complexity index is 761. The summed E-state index contributed by atoms with van der Waals surface area (Å²) in [7, 11) is 0. The normalized spacial score (nSPS) is 14.3. The van der Waals surface area contributed by atoms with Crippen LogP contribution in [0.2, 0.25) is 0 Å². The Morgan fingerprint density at radius 3 is 2.38 bits per heavy atom. The second-order valence-electron chi connectivity index (χ2n) is 6.26. The highest BCUT2D eigenvalue weighted by atomic mass is 35.5. The number of carbonyl (C=O) groups excluding carboxylic acids is 2. The number of alkyl halides is 1. The summed E-state index contributed by atoms with van der Waals surface area (Å²) < 4.78 is 0. The fraction of sp³-hybridized carbons (Fsp3) is 0.444. The van der Waals surface area contributed by atoms with E-state index >= 15 is 0 Å². The molecule has 0 saturated carbocycles. The minimum absolute atomic E-state index is 0.0427. The molecule has 1 heterocycles. The van der Waals surface area contributed by atoms with Crippen molar-refractivity contribution in [2.75, 3.05) is 5.32 Å². The maximum Gasteiger partial charge on any atom is 0.249 e. The van der Waals surface area contributed by atoms with E-state index in [0.717, 1.165) is 22.6 Å². The zero-order valence-corrected chi connectivity index (χ0v) is 16.8. The Labute approximate surface area is 162 Å². The van der Waals surface area contributed by atoms with Crippen LogP contribution in [0.3, 0.4) is 0 Å². The second-order valence-corrected chi connectivity index (χ2v) is 7.89. The molecule has 1 aromatic heterocycles. The number of hydrogen-bond acceptors (Lipinski definition) is 5. The molecule has 0 aliphatic carbocycles. The van der Waals surface area contributed by atoms with Crippen LogP contribution < -0.4 is 10.6 Å². The van der Waals surface area contributed by atoms with E-state index in [2.05, 4.69) is 20.8 Å². The molecule has 0 fully saturated rings. The van der Waals surface area contributed by atoms with Crippen LogP contribution in [-0.4, -0.2) is 33.4 Å². The van der Waals surface area contributed by atoms with Gasteiger partial charge >= 0.3 is 0 Å². The first kappa shape index (κ1) is 20.3. The molecule has 0 unspecified atom stereocenters. The molecule has 0 aliphatic rings. The molecule has 8 heteroatoms. The predicted molar refractivity (Wildman–Crippen MR) is 105 cm³/mol. The minimum atomic E-state index is -0.705. The summed E-state index contributed by atoms with van der Waals surface area (Å²) in [6.07, 6.45) is 0.736. The molecule has 140 valence electrons. The van der Waals surface area contributed by atoms with E-state index in [1.54, 1.807) is 6.92 Å². The number of rotatable bonds is 7. The van der Waals surface area contributed by atoms with E-state index in [1.165, 1.54) is 11.3 Å². The van der Waals surface area contributed by atoms with Crippen LogP contribution >= 0.6 is 22.9 Å². The molecular formula is C18H23ClN4O2S. The molecular weight excluding hydrogens is 372 g/mol. The lowest BCUT2D eigenvalue weighted by molar-refractivity contribution is -0.127. The lowest BCUT2D eigenvalue weighted by atomic mass is 9.98. The maximum absolute atomic E-state index is 12.6. The van der Waals surface area contributed by atoms with Crippen LogP contribution in [0, 0.1) is 12.8 Å². The average Bonchev–Trinajstić information content (AvgIpc) is 3.07. The van der Waals surface area contributed by atoms with Crippen LogP contribution in [0.1, 0.15) is 32.8 Å². The molecule has 2 N–H and O–H groups in total. The van der Waals surface area contributed by atoms with Gasteiger partial charge in [0.2, 0.25) is 16.9 Å². The first-order valence-electron chi connectivity index (χ1n) is 8.47. The molecule has 26 heavy (non-hydrogen) atoms. The second kappa shape index (κ2) is 9.09. The van der Waals surface area contributed by atoms with E-state index in [-0.39, 0.29) is 17.7 Å². The van der Waals surface area contributed by atoms with Gasteiger partial charge in [-0.2, -0.15) is 0 Å². The highest BCUT2D eigenvalue weighted by Gasteiger charge is 2.28. The van der Waals surface area contributed by atoms with Crippen LogP contribution in [0.4, 0.5) is 5.13 Å². The average molecular weight is 395 g/mol. The van der Waals surface area contributed by atoms with Crippen molar-refractivity contribution in [2.24, 2.45) is 5.92 Å². The van der Waals surface area contributed by atoms with Crippen LogP contribution in [-0.2, 0) is 9.59 Å². The van der Waals surface area contributed by atoms with Gasteiger partial charge in [0.25, 0.3) is 0 Å². The third-order valence-corrected chi connectivity index (χ3v) is 5.19. The van der Waals surface area contributed by atoms with Crippen molar-refractivity contribution in [2.45, 2.75) is 45.5 Å². The maximum atomic E-state index is 12.6. The Morgan fingerprint density at radius 2 is 1.81 bits per heavy atom. The summed E-state index contributed by atoms with van der Waals surface area (Å²) in [6.45, 7) is 7.45. The Kier molecular flexibility index (Phi) is 7.11. The Balaban J connectivity index is 2.11. The van der Waals surface area contributed by atoms with Crippen molar-refractivity contribution in [3.63, 3.8) is 0 Å². The minimum Gasteiger partial charge on any atom is -0.343 e. The van der Waals surface area contributed by atoms with Crippen molar-refractivity contribution in [1.82, 2.24) is 15.5 Å². The monoisotopic (exact) mass is 394 g/mol. The van der Waals surface area contributed by atoms with Gasteiger partial charge in [0, 0.05) is 5.56 Å². The number of carbonyl (C=O) groups is 2. The zero-order valence-electron chi connectivity index (χ0n) is 15.2. The lowest BCUT2D eigenvalue weighted by Gasteiger charge is -2.23. The van der Waals surface area contributed by atoms with Crippen molar-refractivity contribution < 1.29 is 9.59 Å². The summed E-state index contributed by atoms with van der Waals surface area (Å²) in [5.74, 6) is -0.736. The third-order valence-electron chi connectivity index (χ3n) is 4.11. The number of amides is 2. The SMILES string of the molecule is CC[C@@H](C)[C@H](NC(=O)[C@@H](C)Cl)C(=O)Nc1nnc(-c2ccc(C)cc2)s1. The van der Waals surface area contributed by atoms with Gasteiger partial charge in [-0.3, -0.25) is 14.9 Å². The quantitative estimate of drug-likeness (QED) is 0.702. The van der Waals surface area contributed by atoms with E-state index in [9.17, 15) is 9.59 Å². The summed E-state index contributed by atoms with van der Waals surface area (Å²) in [5, 5.41) is 14.0. The van der Waals surface area contributed by atoms with E-state index < -0.39 is 11.4 Å². The van der Waals surface area contributed by atoms with E-state index in [4.69, 9.17) is 11.6 Å². The van der Waals surface area contributed by atoms with Crippen LogP contribution in [0.15, 0.2) is 24.3 Å². The molecule has 0 bridgehead atoms. The molecule has 0 saturated heterocycles. The number of nitrogens with zero attached hydrogens (tertiary/aromatic N) is 2. The summed E-state index contributed by atoms with van der Waals surface area (Å²) in [4.78, 5) is 24.5. The number of aryl methyl sites for hydroxylation is 1. The van der Waals surface area contributed by atoms with E-state index in [0.29, 0.717) is 5.13 Å². The highest BCUT2D eigenvalue weighted by Crippen LogP contribution is 2.26. The van der Waals surface area contributed by atoms with Gasteiger partial charge in [0.15, 0.2) is 0 Å². The molecule has 0 aliphatic heterocycles. The first-order chi connectivity index (χ1) is 12.3. The smallest absolute Gasteiger partial charge is 0.249 e. The molecule has 2 amide bonds. The van der Waals surface area contributed by atoms with Gasteiger partial charge in [-0.25, -0.2) is 0 Å².